The summed E-state index contributed by atoms with van der Waals surface area (Å²) >= 11 is 0. The third-order valence-corrected chi connectivity index (χ3v) is 1.85. The van der Waals surface area contributed by atoms with Crippen molar-refractivity contribution in [2.24, 2.45) is 0 Å². The van der Waals surface area contributed by atoms with Crippen molar-refractivity contribution in [3.8, 4) is 0 Å². The lowest BCUT2D eigenvalue weighted by atomic mass is 10.3. The number of para-hydroxylation sites is 1. The molecular formula is C11H8F2N2. The van der Waals surface area contributed by atoms with Crippen LogP contribution in [-0.4, -0.2) is 4.98 Å². The summed E-state index contributed by atoms with van der Waals surface area (Å²) in [6.45, 7) is 0. The second kappa shape index (κ2) is 4.04. The molecule has 1 aromatic carbocycles. The standard InChI is InChI=1S/C11H8F2N2/c12-8-4-1-2-5-9(8)14-11-7-3-6-10(13)15-11/h1-7H,(H,14,15). The maximum atomic E-state index is 13.2. The van der Waals surface area contributed by atoms with E-state index in [2.05, 4.69) is 10.3 Å². The Hall–Kier alpha value is -1.97. The van der Waals surface area contributed by atoms with Gasteiger partial charge in [-0.2, -0.15) is 4.39 Å². The molecular weight excluding hydrogens is 198 g/mol. The van der Waals surface area contributed by atoms with Gasteiger partial charge in [-0.25, -0.2) is 9.37 Å². The number of pyridine rings is 1. The number of hydrogen-bond acceptors (Lipinski definition) is 2. The average Bonchev–Trinajstić information content (AvgIpc) is 2.22. The summed E-state index contributed by atoms with van der Waals surface area (Å²) < 4.78 is 25.9. The predicted octanol–water partition coefficient (Wildman–Crippen LogP) is 3.10. The van der Waals surface area contributed by atoms with Crippen LogP contribution in [0.2, 0.25) is 0 Å². The van der Waals surface area contributed by atoms with Crippen LogP contribution in [0.4, 0.5) is 20.3 Å². The van der Waals surface area contributed by atoms with E-state index in [1.54, 1.807) is 24.3 Å². The molecule has 0 atom stereocenters. The van der Waals surface area contributed by atoms with Crippen LogP contribution in [0.15, 0.2) is 42.5 Å². The fourth-order valence-electron chi connectivity index (χ4n) is 1.18. The molecule has 1 aromatic heterocycles. The zero-order chi connectivity index (χ0) is 10.7. The molecule has 0 spiro atoms. The van der Waals surface area contributed by atoms with Gasteiger partial charge in [-0.3, -0.25) is 0 Å². The summed E-state index contributed by atoms with van der Waals surface area (Å²) in [5.41, 5.74) is 0.274. The monoisotopic (exact) mass is 206 g/mol. The molecule has 2 rings (SSSR count). The van der Waals surface area contributed by atoms with Gasteiger partial charge in [-0.1, -0.05) is 18.2 Å². The molecule has 0 aliphatic heterocycles. The van der Waals surface area contributed by atoms with Crippen molar-refractivity contribution >= 4 is 11.5 Å². The van der Waals surface area contributed by atoms with E-state index < -0.39 is 11.8 Å². The quantitative estimate of drug-likeness (QED) is 0.763. The number of nitrogens with zero attached hydrogens (tertiary/aromatic N) is 1. The molecule has 76 valence electrons. The summed E-state index contributed by atoms with van der Waals surface area (Å²) in [5, 5.41) is 2.69. The molecule has 15 heavy (non-hydrogen) atoms. The van der Waals surface area contributed by atoms with Gasteiger partial charge in [-0.15, -0.1) is 0 Å². The van der Waals surface area contributed by atoms with Gasteiger partial charge in [0.25, 0.3) is 0 Å². The SMILES string of the molecule is Fc1cccc(Nc2ccccc2F)n1. The Morgan fingerprint density at radius 2 is 1.73 bits per heavy atom. The molecule has 0 radical (unpaired) electrons. The number of hydrogen-bond donors (Lipinski definition) is 1. The van der Waals surface area contributed by atoms with Crippen molar-refractivity contribution in [2.75, 3.05) is 5.32 Å². The average molecular weight is 206 g/mol. The van der Waals surface area contributed by atoms with E-state index in [1.807, 2.05) is 0 Å². The zero-order valence-electron chi connectivity index (χ0n) is 7.74. The Balaban J connectivity index is 2.26. The topological polar surface area (TPSA) is 24.9 Å². The van der Waals surface area contributed by atoms with Gasteiger partial charge < -0.3 is 5.32 Å². The van der Waals surface area contributed by atoms with Gasteiger partial charge in [0.15, 0.2) is 0 Å². The molecule has 0 aliphatic rings. The molecule has 0 unspecified atom stereocenters. The van der Waals surface area contributed by atoms with Gasteiger partial charge in [0.05, 0.1) is 5.69 Å². The number of benzene rings is 1. The Labute approximate surface area is 85.6 Å². The van der Waals surface area contributed by atoms with Gasteiger partial charge in [0, 0.05) is 0 Å². The maximum Gasteiger partial charge on any atom is 0.214 e. The number of rotatable bonds is 2. The summed E-state index contributed by atoms with van der Waals surface area (Å²) in [6, 6.07) is 10.4. The first-order chi connectivity index (χ1) is 7.25. The number of aromatic nitrogens is 1. The highest BCUT2D eigenvalue weighted by Gasteiger charge is 2.01. The molecule has 2 nitrogen and oxygen atoms in total. The van der Waals surface area contributed by atoms with Gasteiger partial charge in [0.1, 0.15) is 11.6 Å². The third kappa shape index (κ3) is 2.28. The summed E-state index contributed by atoms with van der Waals surface area (Å²) in [5.74, 6) is -0.722. The Kier molecular flexibility index (Phi) is 2.58. The zero-order valence-corrected chi connectivity index (χ0v) is 7.74. The third-order valence-electron chi connectivity index (χ3n) is 1.85. The Bertz CT molecular complexity index is 472. The molecule has 0 fully saturated rings. The van der Waals surface area contributed by atoms with Crippen LogP contribution in [0.1, 0.15) is 0 Å². The molecule has 0 saturated heterocycles. The van der Waals surface area contributed by atoms with E-state index in [1.165, 1.54) is 18.2 Å². The molecule has 0 bridgehead atoms. The first-order valence-corrected chi connectivity index (χ1v) is 4.40. The smallest absolute Gasteiger partial charge is 0.214 e. The lowest BCUT2D eigenvalue weighted by Gasteiger charge is -2.05. The fourth-order valence-corrected chi connectivity index (χ4v) is 1.18. The highest BCUT2D eigenvalue weighted by molar-refractivity contribution is 5.56. The van der Waals surface area contributed by atoms with Crippen LogP contribution in [0.5, 0.6) is 0 Å². The highest BCUT2D eigenvalue weighted by atomic mass is 19.1. The first-order valence-electron chi connectivity index (χ1n) is 4.40. The molecule has 2 aromatic rings. The van der Waals surface area contributed by atoms with E-state index in [-0.39, 0.29) is 11.5 Å². The Morgan fingerprint density at radius 3 is 2.47 bits per heavy atom. The van der Waals surface area contributed by atoms with Crippen LogP contribution in [0.3, 0.4) is 0 Å². The minimum atomic E-state index is -0.601. The largest absolute Gasteiger partial charge is 0.338 e. The second-order valence-electron chi connectivity index (χ2n) is 2.95. The minimum Gasteiger partial charge on any atom is -0.338 e. The van der Waals surface area contributed by atoms with E-state index in [9.17, 15) is 8.78 Å². The van der Waals surface area contributed by atoms with Crippen LogP contribution >= 0.6 is 0 Å². The predicted molar refractivity (Wildman–Crippen MR) is 53.9 cm³/mol. The first kappa shape index (κ1) is 9.58. The summed E-state index contributed by atoms with van der Waals surface area (Å²) in [7, 11) is 0. The van der Waals surface area contributed by atoms with E-state index >= 15 is 0 Å². The second-order valence-corrected chi connectivity index (χ2v) is 2.95. The molecule has 4 heteroatoms. The molecule has 0 saturated carbocycles. The van der Waals surface area contributed by atoms with Crippen LogP contribution in [0.25, 0.3) is 0 Å². The normalized spacial score (nSPS) is 10.0. The van der Waals surface area contributed by atoms with E-state index in [4.69, 9.17) is 0 Å². The number of anilines is 2. The lowest BCUT2D eigenvalue weighted by molar-refractivity contribution is 0.585. The number of nitrogens with one attached hydrogen (secondary N) is 1. The van der Waals surface area contributed by atoms with Gasteiger partial charge in [0.2, 0.25) is 5.95 Å². The lowest BCUT2D eigenvalue weighted by Crippen LogP contribution is -1.96. The van der Waals surface area contributed by atoms with Crippen LogP contribution < -0.4 is 5.32 Å². The molecule has 0 amide bonds. The number of halogens is 2. The van der Waals surface area contributed by atoms with E-state index in [0.717, 1.165) is 0 Å². The molecule has 1 N–H and O–H groups in total. The van der Waals surface area contributed by atoms with Crippen molar-refractivity contribution in [1.29, 1.82) is 0 Å². The van der Waals surface area contributed by atoms with Crippen molar-refractivity contribution in [1.82, 2.24) is 4.98 Å². The van der Waals surface area contributed by atoms with Crippen LogP contribution in [0, 0.1) is 11.8 Å². The minimum absolute atomic E-state index is 0.274. The summed E-state index contributed by atoms with van der Waals surface area (Å²) in [6.07, 6.45) is 0. The fraction of sp³-hybridized carbons (Fsp3) is 0. The van der Waals surface area contributed by atoms with Crippen molar-refractivity contribution < 1.29 is 8.78 Å². The van der Waals surface area contributed by atoms with Crippen molar-refractivity contribution in [2.45, 2.75) is 0 Å². The van der Waals surface area contributed by atoms with E-state index in [0.29, 0.717) is 0 Å². The maximum absolute atomic E-state index is 13.2. The van der Waals surface area contributed by atoms with Gasteiger partial charge in [-0.05, 0) is 24.3 Å². The summed E-state index contributed by atoms with van der Waals surface area (Å²) in [4.78, 5) is 3.57. The Morgan fingerprint density at radius 1 is 0.933 bits per heavy atom. The van der Waals surface area contributed by atoms with Crippen molar-refractivity contribution in [3.63, 3.8) is 0 Å². The highest BCUT2D eigenvalue weighted by Crippen LogP contribution is 2.17. The van der Waals surface area contributed by atoms with Crippen molar-refractivity contribution in [3.05, 3.63) is 54.2 Å². The van der Waals surface area contributed by atoms with Gasteiger partial charge >= 0.3 is 0 Å². The molecule has 1 heterocycles. The van der Waals surface area contributed by atoms with Crippen LogP contribution in [-0.2, 0) is 0 Å². The molecule has 0 aliphatic carbocycles.